The molecule has 1 N–H and O–H groups in total. The predicted molar refractivity (Wildman–Crippen MR) is 59.9 cm³/mol. The fourth-order valence-electron chi connectivity index (χ4n) is 1.46. The number of hydrogen-bond donors (Lipinski definition) is 1. The monoisotopic (exact) mass is 207 g/mol. The number of anilines is 1. The van der Waals surface area contributed by atoms with Crippen LogP contribution in [0.4, 0.5) is 5.69 Å². The zero-order valence-electron chi connectivity index (χ0n) is 8.33. The maximum absolute atomic E-state index is 11.2. The number of thioether (sulfide) groups is 1. The van der Waals surface area contributed by atoms with Gasteiger partial charge in [0.15, 0.2) is 0 Å². The Morgan fingerprint density at radius 3 is 2.93 bits per heavy atom. The van der Waals surface area contributed by atoms with Gasteiger partial charge < -0.3 is 5.32 Å². The number of nitrogens with one attached hydrogen (secondary N) is 1. The standard InChI is InChI=1S/C11H13NOS/c1-7(2)8-3-4-10-9(5-8)12-11(13)6-14-10/h3-5,7H,6H2,1-2H3,(H,12,13). The van der Waals surface area contributed by atoms with Crippen molar-refractivity contribution < 1.29 is 4.79 Å². The first-order valence-corrected chi connectivity index (χ1v) is 5.72. The van der Waals surface area contributed by atoms with Crippen molar-refractivity contribution in [2.45, 2.75) is 24.7 Å². The van der Waals surface area contributed by atoms with Crippen LogP contribution < -0.4 is 5.32 Å². The second kappa shape index (κ2) is 3.65. The number of fused-ring (bicyclic) bond motifs is 1. The maximum Gasteiger partial charge on any atom is 0.234 e. The molecule has 0 radical (unpaired) electrons. The van der Waals surface area contributed by atoms with Crippen molar-refractivity contribution in [3.8, 4) is 0 Å². The van der Waals surface area contributed by atoms with Crippen LogP contribution in [0.2, 0.25) is 0 Å². The van der Waals surface area contributed by atoms with Gasteiger partial charge in [-0.25, -0.2) is 0 Å². The normalized spacial score (nSPS) is 15.2. The number of amides is 1. The SMILES string of the molecule is CC(C)c1ccc2c(c1)NC(=O)CS2. The molecule has 1 aromatic carbocycles. The van der Waals surface area contributed by atoms with Crippen molar-refractivity contribution in [3.05, 3.63) is 23.8 Å². The van der Waals surface area contributed by atoms with Crippen LogP contribution in [0.5, 0.6) is 0 Å². The molecule has 1 aromatic rings. The van der Waals surface area contributed by atoms with Gasteiger partial charge in [-0.2, -0.15) is 0 Å². The molecular weight excluding hydrogens is 194 g/mol. The molecule has 1 aliphatic rings. The third-order valence-corrected chi connectivity index (χ3v) is 3.38. The van der Waals surface area contributed by atoms with Crippen molar-refractivity contribution >= 4 is 23.4 Å². The molecule has 3 heteroatoms. The molecule has 14 heavy (non-hydrogen) atoms. The second-order valence-corrected chi connectivity index (χ2v) is 4.76. The lowest BCUT2D eigenvalue weighted by Gasteiger charge is -2.18. The molecule has 1 amide bonds. The molecule has 2 rings (SSSR count). The molecule has 0 spiro atoms. The molecule has 2 nitrogen and oxygen atoms in total. The minimum absolute atomic E-state index is 0.100. The van der Waals surface area contributed by atoms with Gasteiger partial charge in [-0.3, -0.25) is 4.79 Å². The van der Waals surface area contributed by atoms with Crippen LogP contribution >= 0.6 is 11.8 Å². The summed E-state index contributed by atoms with van der Waals surface area (Å²) in [6.07, 6.45) is 0. The molecule has 0 saturated carbocycles. The van der Waals surface area contributed by atoms with Crippen LogP contribution in [-0.4, -0.2) is 11.7 Å². The van der Waals surface area contributed by atoms with Gasteiger partial charge in [-0.15, -0.1) is 11.8 Å². The second-order valence-electron chi connectivity index (χ2n) is 3.75. The quantitative estimate of drug-likeness (QED) is 0.767. The molecule has 0 fully saturated rings. The number of carbonyl (C=O) groups excluding carboxylic acids is 1. The van der Waals surface area contributed by atoms with E-state index >= 15 is 0 Å². The Balaban J connectivity index is 2.37. The highest BCUT2D eigenvalue weighted by atomic mass is 32.2. The minimum atomic E-state index is 0.100. The van der Waals surface area contributed by atoms with E-state index in [9.17, 15) is 4.79 Å². The smallest absolute Gasteiger partial charge is 0.234 e. The molecule has 0 atom stereocenters. The van der Waals surface area contributed by atoms with Gasteiger partial charge in [0.25, 0.3) is 0 Å². The molecule has 0 unspecified atom stereocenters. The third kappa shape index (κ3) is 1.77. The fraction of sp³-hybridized carbons (Fsp3) is 0.364. The Kier molecular flexibility index (Phi) is 2.50. The van der Waals surface area contributed by atoms with E-state index in [4.69, 9.17) is 0 Å². The first-order chi connectivity index (χ1) is 6.66. The first kappa shape index (κ1) is 9.59. The highest BCUT2D eigenvalue weighted by Crippen LogP contribution is 2.33. The van der Waals surface area contributed by atoms with Gasteiger partial charge in [0.1, 0.15) is 0 Å². The highest BCUT2D eigenvalue weighted by molar-refractivity contribution is 8.00. The molecule has 1 heterocycles. The van der Waals surface area contributed by atoms with Gasteiger partial charge in [0.2, 0.25) is 5.91 Å². The van der Waals surface area contributed by atoms with Gasteiger partial charge in [0, 0.05) is 4.90 Å². The van der Waals surface area contributed by atoms with E-state index in [1.165, 1.54) is 10.5 Å². The van der Waals surface area contributed by atoms with E-state index in [1.807, 2.05) is 0 Å². The van der Waals surface area contributed by atoms with Gasteiger partial charge >= 0.3 is 0 Å². The van der Waals surface area contributed by atoms with E-state index in [0.717, 1.165) is 5.69 Å². The summed E-state index contributed by atoms with van der Waals surface area (Å²) in [6.45, 7) is 4.30. The Morgan fingerprint density at radius 2 is 2.21 bits per heavy atom. The van der Waals surface area contributed by atoms with Crippen molar-refractivity contribution in [1.82, 2.24) is 0 Å². The first-order valence-electron chi connectivity index (χ1n) is 4.73. The van der Waals surface area contributed by atoms with Crippen molar-refractivity contribution in [3.63, 3.8) is 0 Å². The molecule has 74 valence electrons. The Hall–Kier alpha value is -0.960. The molecular formula is C11H13NOS. The predicted octanol–water partition coefficient (Wildman–Crippen LogP) is 2.85. The van der Waals surface area contributed by atoms with Crippen LogP contribution in [0.15, 0.2) is 23.1 Å². The fourth-order valence-corrected chi connectivity index (χ4v) is 2.25. The average Bonchev–Trinajstić information content (AvgIpc) is 2.16. The summed E-state index contributed by atoms with van der Waals surface area (Å²) >= 11 is 1.61. The molecule has 0 saturated heterocycles. The molecule has 1 aliphatic heterocycles. The summed E-state index contributed by atoms with van der Waals surface area (Å²) in [6, 6.07) is 6.30. The van der Waals surface area contributed by atoms with Gasteiger partial charge in [-0.05, 0) is 23.6 Å². The van der Waals surface area contributed by atoms with Crippen LogP contribution in [0.3, 0.4) is 0 Å². The van der Waals surface area contributed by atoms with Crippen LogP contribution in [0.25, 0.3) is 0 Å². The third-order valence-electron chi connectivity index (χ3n) is 2.30. The molecule has 0 aromatic heterocycles. The topological polar surface area (TPSA) is 29.1 Å². The van der Waals surface area contributed by atoms with Crippen molar-refractivity contribution in [2.24, 2.45) is 0 Å². The maximum atomic E-state index is 11.2. The zero-order valence-corrected chi connectivity index (χ0v) is 9.15. The lowest BCUT2D eigenvalue weighted by Crippen LogP contribution is -2.18. The van der Waals surface area contributed by atoms with E-state index < -0.39 is 0 Å². The van der Waals surface area contributed by atoms with E-state index in [-0.39, 0.29) is 5.91 Å². The minimum Gasteiger partial charge on any atom is -0.324 e. The summed E-state index contributed by atoms with van der Waals surface area (Å²) in [4.78, 5) is 12.4. The molecule has 0 aliphatic carbocycles. The van der Waals surface area contributed by atoms with Crippen molar-refractivity contribution in [1.29, 1.82) is 0 Å². The Morgan fingerprint density at radius 1 is 1.43 bits per heavy atom. The summed E-state index contributed by atoms with van der Waals surface area (Å²) < 4.78 is 0. The highest BCUT2D eigenvalue weighted by Gasteiger charge is 2.15. The Labute approximate surface area is 88.1 Å². The van der Waals surface area contributed by atoms with Gasteiger partial charge in [-0.1, -0.05) is 19.9 Å². The summed E-state index contributed by atoms with van der Waals surface area (Å²) in [5.74, 6) is 1.14. The summed E-state index contributed by atoms with van der Waals surface area (Å²) in [5, 5.41) is 2.90. The average molecular weight is 207 g/mol. The molecule has 0 bridgehead atoms. The van der Waals surface area contributed by atoms with Crippen LogP contribution in [0.1, 0.15) is 25.3 Å². The zero-order chi connectivity index (χ0) is 10.1. The van der Waals surface area contributed by atoms with E-state index in [1.54, 1.807) is 11.8 Å². The lowest BCUT2D eigenvalue weighted by atomic mass is 10.0. The van der Waals surface area contributed by atoms with Gasteiger partial charge in [0.05, 0.1) is 11.4 Å². The number of hydrogen-bond acceptors (Lipinski definition) is 2. The van der Waals surface area contributed by atoms with Crippen LogP contribution in [0, 0.1) is 0 Å². The van der Waals surface area contributed by atoms with E-state index in [2.05, 4.69) is 37.4 Å². The number of benzene rings is 1. The Bertz CT molecular complexity index is 374. The lowest BCUT2D eigenvalue weighted by molar-refractivity contribution is -0.113. The van der Waals surface area contributed by atoms with Crippen molar-refractivity contribution in [2.75, 3.05) is 11.1 Å². The number of carbonyl (C=O) groups is 1. The van der Waals surface area contributed by atoms with Crippen LogP contribution in [-0.2, 0) is 4.79 Å². The number of rotatable bonds is 1. The summed E-state index contributed by atoms with van der Waals surface area (Å²) in [5.41, 5.74) is 2.24. The summed E-state index contributed by atoms with van der Waals surface area (Å²) in [7, 11) is 0. The van der Waals surface area contributed by atoms with E-state index in [0.29, 0.717) is 11.7 Å². The largest absolute Gasteiger partial charge is 0.324 e.